The molecule has 2 saturated heterocycles. The lowest BCUT2D eigenvalue weighted by molar-refractivity contribution is -0.154. The summed E-state index contributed by atoms with van der Waals surface area (Å²) in [6.07, 6.45) is 3.14. The number of halogens is 5. The van der Waals surface area contributed by atoms with Crippen molar-refractivity contribution >= 4 is 11.6 Å². The summed E-state index contributed by atoms with van der Waals surface area (Å²) in [5.74, 6) is 0.0730. The highest BCUT2D eigenvalue weighted by Crippen LogP contribution is 2.55. The maximum Gasteiger partial charge on any atom is 0.422 e. The minimum Gasteiger partial charge on any atom is -0.487 e. The van der Waals surface area contributed by atoms with Gasteiger partial charge in [-0.25, -0.2) is 9.97 Å². The standard InChI is InChI=1S/C31H34F5N7O4/c1-19(15-45-28(32)33)47-26-8-20(2-3-21(26)11-37)22-12-38-29(39-13-22)40-25-14-43(41-27(25)46-18-31(34,35)36)24-9-30(10-24)16-42(17-30)23-4-6-44-7-5-23/h2-3,8,12-14,19,23-24,28H,4-7,9-10,15-18H2,1H3,(H,38,39,40)/t19-/m0/s1. The van der Waals surface area contributed by atoms with Crippen molar-refractivity contribution in [1.82, 2.24) is 24.6 Å². The first kappa shape index (κ1) is 32.9. The van der Waals surface area contributed by atoms with Crippen molar-refractivity contribution in [3.05, 3.63) is 42.4 Å². The van der Waals surface area contributed by atoms with Crippen LogP contribution in [0.3, 0.4) is 0 Å². The molecule has 1 spiro atoms. The Labute approximate surface area is 267 Å². The van der Waals surface area contributed by atoms with Crippen LogP contribution in [0.4, 0.5) is 33.6 Å². The average Bonchev–Trinajstić information content (AvgIpc) is 3.40. The normalized spacial score (nSPS) is 19.2. The molecule has 11 nitrogen and oxygen atoms in total. The molecule has 1 aliphatic carbocycles. The minimum absolute atomic E-state index is 0.0383. The van der Waals surface area contributed by atoms with Gasteiger partial charge in [-0.3, -0.25) is 9.58 Å². The molecular weight excluding hydrogens is 629 g/mol. The van der Waals surface area contributed by atoms with Gasteiger partial charge in [0.15, 0.2) is 6.61 Å². The van der Waals surface area contributed by atoms with Gasteiger partial charge in [0.25, 0.3) is 5.88 Å². The van der Waals surface area contributed by atoms with E-state index < -0.39 is 25.5 Å². The van der Waals surface area contributed by atoms with Crippen molar-refractivity contribution in [3.8, 4) is 28.8 Å². The molecule has 16 heteroatoms. The quantitative estimate of drug-likeness (QED) is 0.241. The Morgan fingerprint density at radius 2 is 1.83 bits per heavy atom. The Hall–Kier alpha value is -4.07. The van der Waals surface area contributed by atoms with E-state index in [1.807, 2.05) is 6.07 Å². The number of nitrogens with one attached hydrogen (secondary N) is 1. The van der Waals surface area contributed by atoms with Gasteiger partial charge in [-0.1, -0.05) is 6.07 Å². The minimum atomic E-state index is -4.54. The monoisotopic (exact) mass is 663 g/mol. The van der Waals surface area contributed by atoms with E-state index in [0.717, 1.165) is 52.0 Å². The number of alkyl halides is 5. The maximum atomic E-state index is 13.0. The third kappa shape index (κ3) is 7.91. The van der Waals surface area contributed by atoms with Crippen LogP contribution in [0.1, 0.15) is 44.2 Å². The summed E-state index contributed by atoms with van der Waals surface area (Å²) >= 11 is 0. The van der Waals surface area contributed by atoms with Gasteiger partial charge in [0.05, 0.1) is 24.4 Å². The van der Waals surface area contributed by atoms with E-state index in [0.29, 0.717) is 17.2 Å². The molecule has 0 bridgehead atoms. The van der Waals surface area contributed by atoms with Crippen LogP contribution in [0.25, 0.3) is 11.1 Å². The molecule has 2 aliphatic heterocycles. The lowest BCUT2D eigenvalue weighted by Gasteiger charge is -2.61. The van der Waals surface area contributed by atoms with Gasteiger partial charge in [-0.15, -0.1) is 5.10 Å². The average molecular weight is 664 g/mol. The van der Waals surface area contributed by atoms with Crippen molar-refractivity contribution in [2.45, 2.75) is 63.6 Å². The molecule has 1 aromatic carbocycles. The molecule has 1 N–H and O–H groups in total. The van der Waals surface area contributed by atoms with Crippen LogP contribution in [-0.2, 0) is 9.47 Å². The highest BCUT2D eigenvalue weighted by atomic mass is 19.4. The van der Waals surface area contributed by atoms with Crippen molar-refractivity contribution in [2.75, 3.05) is 44.8 Å². The highest BCUT2D eigenvalue weighted by molar-refractivity contribution is 5.67. The lowest BCUT2D eigenvalue weighted by atomic mass is 9.60. The largest absolute Gasteiger partial charge is 0.487 e. The van der Waals surface area contributed by atoms with E-state index in [1.165, 1.54) is 25.4 Å². The number of nitriles is 1. The summed E-state index contributed by atoms with van der Waals surface area (Å²) in [5, 5.41) is 16.7. The second-order valence-corrected chi connectivity index (χ2v) is 12.3. The fraction of sp³-hybridized carbons (Fsp3) is 0.548. The molecule has 0 amide bonds. The van der Waals surface area contributed by atoms with Crippen LogP contribution in [0.15, 0.2) is 36.8 Å². The van der Waals surface area contributed by atoms with Crippen LogP contribution in [0.5, 0.6) is 11.6 Å². The van der Waals surface area contributed by atoms with Crippen LogP contribution >= 0.6 is 0 Å². The summed E-state index contributed by atoms with van der Waals surface area (Å²) in [6, 6.07) is 7.33. The number of benzene rings is 1. The van der Waals surface area contributed by atoms with E-state index >= 15 is 0 Å². The Morgan fingerprint density at radius 1 is 1.11 bits per heavy atom. The third-order valence-electron chi connectivity index (χ3n) is 8.69. The van der Waals surface area contributed by atoms with Crippen molar-refractivity contribution in [2.24, 2.45) is 5.41 Å². The Kier molecular flexibility index (Phi) is 9.49. The van der Waals surface area contributed by atoms with Gasteiger partial charge in [-0.05, 0) is 55.7 Å². The van der Waals surface area contributed by atoms with Gasteiger partial charge >= 0.3 is 12.8 Å². The molecule has 0 unspecified atom stereocenters. The molecule has 3 aliphatic rings. The summed E-state index contributed by atoms with van der Waals surface area (Å²) < 4.78 is 86.0. The number of ether oxygens (including phenoxy) is 4. The SMILES string of the molecule is C[C@@H](COC(F)F)Oc1cc(-c2cnc(Nc3cn(C4CC5(C4)CN(C4CCOCC4)C5)nc3OCC(F)(F)F)nc2)ccc1C#N. The number of hydrogen-bond donors (Lipinski definition) is 1. The maximum absolute atomic E-state index is 13.0. The van der Waals surface area contributed by atoms with E-state index in [-0.39, 0.29) is 46.9 Å². The zero-order valence-corrected chi connectivity index (χ0v) is 25.6. The van der Waals surface area contributed by atoms with Crippen molar-refractivity contribution in [1.29, 1.82) is 5.26 Å². The number of anilines is 2. The fourth-order valence-electron chi connectivity index (χ4n) is 6.43. The second kappa shape index (κ2) is 13.6. The fourth-order valence-corrected chi connectivity index (χ4v) is 6.43. The van der Waals surface area contributed by atoms with E-state index in [2.05, 4.69) is 30.0 Å². The first-order valence-electron chi connectivity index (χ1n) is 15.3. The van der Waals surface area contributed by atoms with E-state index in [4.69, 9.17) is 14.2 Å². The predicted molar refractivity (Wildman–Crippen MR) is 157 cm³/mol. The number of likely N-dealkylation sites (tertiary alicyclic amines) is 1. The first-order chi connectivity index (χ1) is 22.5. The molecule has 3 fully saturated rings. The van der Waals surface area contributed by atoms with Crippen molar-refractivity contribution < 1.29 is 40.9 Å². The molecule has 6 rings (SSSR count). The number of aromatic nitrogens is 4. The zero-order valence-electron chi connectivity index (χ0n) is 25.6. The Bertz CT molecular complexity index is 1560. The molecule has 0 radical (unpaired) electrons. The van der Waals surface area contributed by atoms with Gasteiger partial charge in [-0.2, -0.15) is 27.2 Å². The predicted octanol–water partition coefficient (Wildman–Crippen LogP) is 5.72. The number of hydrogen-bond acceptors (Lipinski definition) is 10. The van der Waals surface area contributed by atoms with Gasteiger partial charge < -0.3 is 24.3 Å². The Balaban J connectivity index is 1.12. The van der Waals surface area contributed by atoms with Gasteiger partial charge in [0.1, 0.15) is 23.6 Å². The van der Waals surface area contributed by atoms with Crippen molar-refractivity contribution in [3.63, 3.8) is 0 Å². The van der Waals surface area contributed by atoms with Crippen LogP contribution in [0, 0.1) is 16.7 Å². The summed E-state index contributed by atoms with van der Waals surface area (Å²) in [4.78, 5) is 11.1. The first-order valence-corrected chi connectivity index (χ1v) is 15.3. The third-order valence-corrected chi connectivity index (χ3v) is 8.69. The van der Waals surface area contributed by atoms with Gasteiger partial charge in [0.2, 0.25) is 5.95 Å². The van der Waals surface area contributed by atoms with E-state index in [1.54, 1.807) is 23.0 Å². The molecule has 4 heterocycles. The van der Waals surface area contributed by atoms with E-state index in [9.17, 15) is 27.2 Å². The molecule has 252 valence electrons. The van der Waals surface area contributed by atoms with Crippen LogP contribution in [0.2, 0.25) is 0 Å². The second-order valence-electron chi connectivity index (χ2n) is 12.3. The molecule has 3 aromatic rings. The topological polar surface area (TPSA) is 120 Å². The zero-order chi connectivity index (χ0) is 33.2. The summed E-state index contributed by atoms with van der Waals surface area (Å²) in [6.45, 7) is 0.324. The highest BCUT2D eigenvalue weighted by Gasteiger charge is 2.54. The molecule has 1 atom stereocenters. The molecule has 1 saturated carbocycles. The summed E-state index contributed by atoms with van der Waals surface area (Å²) in [5.41, 5.74) is 1.74. The van der Waals surface area contributed by atoms with Gasteiger partial charge in [0, 0.05) is 50.3 Å². The van der Waals surface area contributed by atoms with Crippen LogP contribution < -0.4 is 14.8 Å². The smallest absolute Gasteiger partial charge is 0.422 e. The number of nitrogens with zero attached hydrogens (tertiary/aromatic N) is 6. The van der Waals surface area contributed by atoms with Crippen LogP contribution in [-0.4, -0.2) is 89.1 Å². The molecule has 2 aromatic heterocycles. The number of rotatable bonds is 12. The lowest BCUT2D eigenvalue weighted by Crippen LogP contribution is -2.65. The molecule has 47 heavy (non-hydrogen) atoms. The Morgan fingerprint density at radius 3 is 2.49 bits per heavy atom. The molecular formula is C31H34F5N7O4. The summed E-state index contributed by atoms with van der Waals surface area (Å²) in [7, 11) is 0.